The summed E-state index contributed by atoms with van der Waals surface area (Å²) < 4.78 is 24.4. The minimum absolute atomic E-state index is 0.458. The van der Waals surface area contributed by atoms with Crippen LogP contribution in [-0.4, -0.2) is 18.5 Å². The van der Waals surface area contributed by atoms with Crippen molar-refractivity contribution in [2.45, 2.75) is 43.3 Å². The van der Waals surface area contributed by atoms with E-state index < -0.39 is 14.6 Å². The maximum absolute atomic E-state index is 12.6. The van der Waals surface area contributed by atoms with E-state index in [2.05, 4.69) is 15.9 Å². The normalized spacial score (nSPS) is 12.7. The molecular formula is C13H19BrO2S. The summed E-state index contributed by atoms with van der Waals surface area (Å²) in [5.41, 5.74) is 0.819. The molecule has 0 bridgehead atoms. The number of hydrogen-bond donors (Lipinski definition) is 0. The Morgan fingerprint density at radius 1 is 1.24 bits per heavy atom. The van der Waals surface area contributed by atoms with Crippen molar-refractivity contribution in [1.29, 1.82) is 0 Å². The smallest absolute Gasteiger partial charge is 0.183 e. The molecule has 0 atom stereocenters. The van der Waals surface area contributed by atoms with Gasteiger partial charge in [0, 0.05) is 5.33 Å². The first kappa shape index (κ1) is 14.7. The first-order chi connectivity index (χ1) is 7.83. The van der Waals surface area contributed by atoms with Crippen LogP contribution < -0.4 is 0 Å². The number of alkyl halides is 1. The van der Waals surface area contributed by atoms with Crippen LogP contribution in [0, 0.1) is 6.92 Å². The molecule has 0 aromatic heterocycles. The fourth-order valence-corrected chi connectivity index (χ4v) is 3.82. The minimum atomic E-state index is -3.26. The molecule has 0 fully saturated rings. The third kappa shape index (κ3) is 3.10. The summed E-state index contributed by atoms with van der Waals surface area (Å²) in [5.74, 6) is 0. The first-order valence-electron chi connectivity index (χ1n) is 5.69. The number of halogens is 1. The molecule has 0 aliphatic rings. The van der Waals surface area contributed by atoms with E-state index in [-0.39, 0.29) is 0 Å². The summed E-state index contributed by atoms with van der Waals surface area (Å²) in [4.78, 5) is 0.458. The van der Waals surface area contributed by atoms with Gasteiger partial charge in [0.15, 0.2) is 9.84 Å². The lowest BCUT2D eigenvalue weighted by atomic mass is 10.1. The van der Waals surface area contributed by atoms with Gasteiger partial charge in [-0.15, -0.1) is 0 Å². The van der Waals surface area contributed by atoms with Crippen molar-refractivity contribution in [2.75, 3.05) is 5.33 Å². The Labute approximate surface area is 112 Å². The molecule has 4 heteroatoms. The maximum atomic E-state index is 12.6. The molecule has 0 saturated heterocycles. The second-order valence-corrected chi connectivity index (χ2v) is 8.17. The zero-order valence-electron chi connectivity index (χ0n) is 10.5. The Morgan fingerprint density at radius 2 is 1.82 bits per heavy atom. The molecule has 1 aromatic rings. The van der Waals surface area contributed by atoms with Crippen molar-refractivity contribution in [3.05, 3.63) is 29.8 Å². The molecule has 2 nitrogen and oxygen atoms in total. The molecule has 0 unspecified atom stereocenters. The van der Waals surface area contributed by atoms with Gasteiger partial charge in [0.1, 0.15) is 0 Å². The number of rotatable bonds is 5. The standard InChI is InChI=1S/C13H19BrO2S/c1-11-7-4-5-8-12(11)17(15,16)13(2,3)9-6-10-14/h4-5,7-8H,6,9-10H2,1-3H3. The lowest BCUT2D eigenvalue weighted by Crippen LogP contribution is -2.32. The summed E-state index contributed by atoms with van der Waals surface area (Å²) in [7, 11) is -3.26. The van der Waals surface area contributed by atoms with Crippen molar-refractivity contribution in [3.8, 4) is 0 Å². The molecule has 0 spiro atoms. The van der Waals surface area contributed by atoms with Gasteiger partial charge in [-0.25, -0.2) is 8.42 Å². The summed E-state index contributed by atoms with van der Waals surface area (Å²) in [5, 5.41) is 0.833. The van der Waals surface area contributed by atoms with Crippen LogP contribution in [0.15, 0.2) is 29.2 Å². The Balaban J connectivity index is 3.15. The maximum Gasteiger partial charge on any atom is 0.183 e. The molecule has 0 amide bonds. The van der Waals surface area contributed by atoms with Gasteiger partial charge in [0.2, 0.25) is 0 Å². The molecule has 0 aliphatic carbocycles. The lowest BCUT2D eigenvalue weighted by molar-refractivity contribution is 0.524. The van der Waals surface area contributed by atoms with Crippen LogP contribution >= 0.6 is 15.9 Å². The van der Waals surface area contributed by atoms with Crippen molar-refractivity contribution in [3.63, 3.8) is 0 Å². The summed E-state index contributed by atoms with van der Waals surface area (Å²) in [6, 6.07) is 7.17. The van der Waals surface area contributed by atoms with Crippen molar-refractivity contribution >= 4 is 25.8 Å². The van der Waals surface area contributed by atoms with E-state index in [9.17, 15) is 8.42 Å². The highest BCUT2D eigenvalue weighted by Gasteiger charge is 2.35. The number of sulfone groups is 1. The Bertz CT molecular complexity index is 478. The van der Waals surface area contributed by atoms with Gasteiger partial charge in [-0.2, -0.15) is 0 Å². The molecule has 1 rings (SSSR count). The second kappa shape index (κ2) is 5.53. The molecule has 1 aromatic carbocycles. The molecule has 0 radical (unpaired) electrons. The van der Waals surface area contributed by atoms with E-state index in [0.29, 0.717) is 11.3 Å². The first-order valence-corrected chi connectivity index (χ1v) is 8.29. The summed E-state index contributed by atoms with van der Waals surface area (Å²) in [6.07, 6.45) is 1.52. The van der Waals surface area contributed by atoms with Gasteiger partial charge in [0.25, 0.3) is 0 Å². The number of hydrogen-bond acceptors (Lipinski definition) is 2. The van der Waals surface area contributed by atoms with Crippen LogP contribution in [0.5, 0.6) is 0 Å². The average Bonchev–Trinajstić information content (AvgIpc) is 2.26. The highest BCUT2D eigenvalue weighted by molar-refractivity contribution is 9.09. The molecular weight excluding hydrogens is 300 g/mol. The summed E-state index contributed by atoms with van der Waals surface area (Å²) in [6.45, 7) is 5.45. The van der Waals surface area contributed by atoms with Crippen LogP contribution in [0.2, 0.25) is 0 Å². The number of aryl methyl sites for hydroxylation is 1. The fraction of sp³-hybridized carbons (Fsp3) is 0.538. The zero-order chi connectivity index (χ0) is 13.1. The second-order valence-electron chi connectivity index (χ2n) is 4.82. The Morgan fingerprint density at radius 3 is 2.35 bits per heavy atom. The monoisotopic (exact) mass is 318 g/mol. The van der Waals surface area contributed by atoms with E-state index in [1.165, 1.54) is 0 Å². The quantitative estimate of drug-likeness (QED) is 0.775. The third-order valence-electron chi connectivity index (χ3n) is 3.02. The highest BCUT2D eigenvalue weighted by atomic mass is 79.9. The van der Waals surface area contributed by atoms with E-state index in [0.717, 1.165) is 17.3 Å². The molecule has 0 saturated carbocycles. The lowest BCUT2D eigenvalue weighted by Gasteiger charge is -2.25. The molecule has 17 heavy (non-hydrogen) atoms. The topological polar surface area (TPSA) is 34.1 Å². The van der Waals surface area contributed by atoms with Crippen molar-refractivity contribution in [2.24, 2.45) is 0 Å². The Hall–Kier alpha value is -0.350. The Kier molecular flexibility index (Phi) is 4.78. The molecule has 0 N–H and O–H groups in total. The van der Waals surface area contributed by atoms with E-state index in [4.69, 9.17) is 0 Å². The average molecular weight is 319 g/mol. The van der Waals surface area contributed by atoms with Crippen LogP contribution in [0.3, 0.4) is 0 Å². The number of benzene rings is 1. The molecule has 0 aliphatic heterocycles. The largest absolute Gasteiger partial charge is 0.223 e. The third-order valence-corrected chi connectivity index (χ3v) is 6.28. The van der Waals surface area contributed by atoms with Crippen molar-refractivity contribution in [1.82, 2.24) is 0 Å². The van der Waals surface area contributed by atoms with Gasteiger partial charge in [-0.3, -0.25) is 0 Å². The van der Waals surface area contributed by atoms with Crippen LogP contribution in [0.4, 0.5) is 0 Å². The van der Waals surface area contributed by atoms with Gasteiger partial charge < -0.3 is 0 Å². The minimum Gasteiger partial charge on any atom is -0.223 e. The van der Waals surface area contributed by atoms with Gasteiger partial charge >= 0.3 is 0 Å². The predicted molar refractivity (Wildman–Crippen MR) is 75.5 cm³/mol. The van der Waals surface area contributed by atoms with E-state index >= 15 is 0 Å². The van der Waals surface area contributed by atoms with E-state index in [1.807, 2.05) is 19.1 Å². The van der Waals surface area contributed by atoms with Gasteiger partial charge in [-0.1, -0.05) is 34.1 Å². The van der Waals surface area contributed by atoms with Crippen LogP contribution in [0.25, 0.3) is 0 Å². The molecule has 96 valence electrons. The fourth-order valence-electron chi connectivity index (χ4n) is 1.78. The summed E-state index contributed by atoms with van der Waals surface area (Å²) >= 11 is 3.34. The van der Waals surface area contributed by atoms with Crippen LogP contribution in [-0.2, 0) is 9.84 Å². The zero-order valence-corrected chi connectivity index (χ0v) is 12.9. The van der Waals surface area contributed by atoms with Gasteiger partial charge in [-0.05, 0) is 45.2 Å². The molecule has 0 heterocycles. The van der Waals surface area contributed by atoms with Crippen LogP contribution in [0.1, 0.15) is 32.3 Å². The predicted octanol–water partition coefficient (Wildman–Crippen LogP) is 3.72. The van der Waals surface area contributed by atoms with Gasteiger partial charge in [0.05, 0.1) is 9.64 Å². The highest BCUT2D eigenvalue weighted by Crippen LogP contribution is 2.31. The van der Waals surface area contributed by atoms with Crippen molar-refractivity contribution < 1.29 is 8.42 Å². The van der Waals surface area contributed by atoms with E-state index in [1.54, 1.807) is 26.0 Å². The SMILES string of the molecule is Cc1ccccc1S(=O)(=O)C(C)(C)CCCBr.